The van der Waals surface area contributed by atoms with Crippen molar-refractivity contribution in [1.29, 1.82) is 0 Å². The van der Waals surface area contributed by atoms with Crippen LogP contribution in [0.3, 0.4) is 0 Å². The van der Waals surface area contributed by atoms with E-state index in [-0.39, 0.29) is 17.1 Å². The molecule has 1 heterocycles. The molecular weight excluding hydrogens is 243 g/mol. The Balaban J connectivity index is 1.94. The van der Waals surface area contributed by atoms with Gasteiger partial charge >= 0.3 is 0 Å². The maximum Gasteiger partial charge on any atom is 0.226 e. The van der Waals surface area contributed by atoms with Crippen LogP contribution in [0, 0.1) is 18.2 Å². The van der Waals surface area contributed by atoms with Crippen molar-refractivity contribution in [3.8, 4) is 0 Å². The summed E-state index contributed by atoms with van der Waals surface area (Å²) in [6, 6.07) is 5.08. The lowest BCUT2D eigenvalue weighted by molar-refractivity contribution is -0.131. The number of nitrogens with one attached hydrogen (secondary N) is 2. The van der Waals surface area contributed by atoms with Gasteiger partial charge in [0.2, 0.25) is 5.91 Å². The second kappa shape index (κ2) is 5.70. The number of halogens is 1. The number of rotatable bonds is 3. The predicted molar refractivity (Wildman–Crippen MR) is 73.2 cm³/mol. The summed E-state index contributed by atoms with van der Waals surface area (Å²) in [5, 5.41) is 6.18. The molecule has 0 atom stereocenters. The predicted octanol–water partition coefficient (Wildman–Crippen LogP) is 2.14. The molecule has 19 heavy (non-hydrogen) atoms. The van der Waals surface area contributed by atoms with Crippen molar-refractivity contribution in [1.82, 2.24) is 10.6 Å². The molecule has 1 aromatic rings. The smallest absolute Gasteiger partial charge is 0.226 e. The van der Waals surface area contributed by atoms with Gasteiger partial charge in [0.05, 0.1) is 0 Å². The molecule has 1 amide bonds. The van der Waals surface area contributed by atoms with Crippen molar-refractivity contribution in [2.24, 2.45) is 5.41 Å². The van der Waals surface area contributed by atoms with Crippen molar-refractivity contribution in [3.05, 3.63) is 35.1 Å². The molecule has 1 fully saturated rings. The van der Waals surface area contributed by atoms with Crippen LogP contribution < -0.4 is 10.6 Å². The standard InChI is InChI=1S/C15H21FN2O/c1-11-3-4-12(9-13(11)16)10-18-14(19)15(2)5-7-17-8-6-15/h3-4,9,17H,5-8,10H2,1-2H3,(H,18,19). The zero-order valence-electron chi connectivity index (χ0n) is 11.6. The van der Waals surface area contributed by atoms with E-state index in [1.54, 1.807) is 13.0 Å². The number of hydrogen-bond acceptors (Lipinski definition) is 2. The van der Waals surface area contributed by atoms with Gasteiger partial charge in [0, 0.05) is 12.0 Å². The topological polar surface area (TPSA) is 41.1 Å². The highest BCUT2D eigenvalue weighted by Crippen LogP contribution is 2.28. The number of carbonyl (C=O) groups excluding carboxylic acids is 1. The van der Waals surface area contributed by atoms with Crippen LogP contribution >= 0.6 is 0 Å². The van der Waals surface area contributed by atoms with E-state index < -0.39 is 0 Å². The van der Waals surface area contributed by atoms with Crippen LogP contribution in [0.1, 0.15) is 30.9 Å². The van der Waals surface area contributed by atoms with E-state index >= 15 is 0 Å². The molecule has 2 N–H and O–H groups in total. The Morgan fingerprint density at radius 3 is 2.74 bits per heavy atom. The van der Waals surface area contributed by atoms with Gasteiger partial charge in [-0.25, -0.2) is 4.39 Å². The maximum absolute atomic E-state index is 13.4. The average molecular weight is 264 g/mol. The van der Waals surface area contributed by atoms with Crippen molar-refractivity contribution in [2.75, 3.05) is 13.1 Å². The third-order valence-corrected chi connectivity index (χ3v) is 3.94. The van der Waals surface area contributed by atoms with E-state index in [4.69, 9.17) is 0 Å². The lowest BCUT2D eigenvalue weighted by atomic mass is 9.80. The number of hydrogen-bond donors (Lipinski definition) is 2. The van der Waals surface area contributed by atoms with Crippen LogP contribution in [-0.2, 0) is 11.3 Å². The third kappa shape index (κ3) is 3.32. The molecule has 1 aromatic carbocycles. The average Bonchev–Trinajstić information content (AvgIpc) is 2.40. The maximum atomic E-state index is 13.4. The molecule has 0 unspecified atom stereocenters. The molecule has 0 saturated carbocycles. The normalized spacial score (nSPS) is 18.1. The first-order valence-corrected chi connectivity index (χ1v) is 6.75. The molecule has 0 radical (unpaired) electrons. The Morgan fingerprint density at radius 2 is 2.11 bits per heavy atom. The van der Waals surface area contributed by atoms with Crippen LogP contribution in [0.25, 0.3) is 0 Å². The first-order valence-electron chi connectivity index (χ1n) is 6.75. The van der Waals surface area contributed by atoms with Gasteiger partial charge in [-0.2, -0.15) is 0 Å². The Kier molecular flexibility index (Phi) is 4.20. The summed E-state index contributed by atoms with van der Waals surface area (Å²) in [5.74, 6) is -0.158. The molecule has 4 heteroatoms. The van der Waals surface area contributed by atoms with Crippen molar-refractivity contribution in [2.45, 2.75) is 33.2 Å². The number of amides is 1. The molecule has 1 saturated heterocycles. The summed E-state index contributed by atoms with van der Waals surface area (Å²) >= 11 is 0. The Hall–Kier alpha value is -1.42. The van der Waals surface area contributed by atoms with Crippen LogP contribution in [0.4, 0.5) is 4.39 Å². The molecular formula is C15H21FN2O. The van der Waals surface area contributed by atoms with E-state index in [2.05, 4.69) is 10.6 Å². The van der Waals surface area contributed by atoms with Crippen LogP contribution in [0.15, 0.2) is 18.2 Å². The Bertz CT molecular complexity index is 467. The van der Waals surface area contributed by atoms with E-state index in [0.29, 0.717) is 12.1 Å². The fraction of sp³-hybridized carbons (Fsp3) is 0.533. The highest BCUT2D eigenvalue weighted by Gasteiger charge is 2.34. The van der Waals surface area contributed by atoms with Gasteiger partial charge in [0.1, 0.15) is 5.82 Å². The van der Waals surface area contributed by atoms with Crippen molar-refractivity contribution >= 4 is 5.91 Å². The van der Waals surface area contributed by atoms with Gasteiger partial charge in [0.25, 0.3) is 0 Å². The molecule has 1 aliphatic heterocycles. The molecule has 0 spiro atoms. The van der Waals surface area contributed by atoms with Crippen molar-refractivity contribution in [3.63, 3.8) is 0 Å². The monoisotopic (exact) mass is 264 g/mol. The molecule has 0 bridgehead atoms. The summed E-state index contributed by atoms with van der Waals surface area (Å²) in [6.07, 6.45) is 1.70. The van der Waals surface area contributed by atoms with Gasteiger partial charge in [-0.1, -0.05) is 19.1 Å². The molecule has 3 nitrogen and oxygen atoms in total. The fourth-order valence-electron chi connectivity index (χ4n) is 2.35. The quantitative estimate of drug-likeness (QED) is 0.878. The second-order valence-corrected chi connectivity index (χ2v) is 5.58. The lowest BCUT2D eigenvalue weighted by Crippen LogP contribution is -2.45. The zero-order chi connectivity index (χ0) is 13.9. The minimum absolute atomic E-state index is 0.0648. The highest BCUT2D eigenvalue weighted by molar-refractivity contribution is 5.82. The van der Waals surface area contributed by atoms with Crippen LogP contribution in [-0.4, -0.2) is 19.0 Å². The van der Waals surface area contributed by atoms with Gasteiger partial charge in [-0.15, -0.1) is 0 Å². The molecule has 0 aromatic heterocycles. The molecule has 0 aliphatic carbocycles. The van der Waals surface area contributed by atoms with E-state index in [9.17, 15) is 9.18 Å². The Morgan fingerprint density at radius 1 is 1.42 bits per heavy atom. The van der Waals surface area contributed by atoms with Gasteiger partial charge < -0.3 is 10.6 Å². The first-order chi connectivity index (χ1) is 9.01. The van der Waals surface area contributed by atoms with Crippen LogP contribution in [0.5, 0.6) is 0 Å². The van der Waals surface area contributed by atoms with E-state index in [1.165, 1.54) is 6.07 Å². The van der Waals surface area contributed by atoms with Crippen molar-refractivity contribution < 1.29 is 9.18 Å². The first kappa shape index (κ1) is 14.0. The molecule has 1 aliphatic rings. The number of piperidine rings is 1. The van der Waals surface area contributed by atoms with E-state index in [0.717, 1.165) is 31.5 Å². The summed E-state index contributed by atoms with van der Waals surface area (Å²) in [4.78, 5) is 12.2. The summed E-state index contributed by atoms with van der Waals surface area (Å²) in [7, 11) is 0. The summed E-state index contributed by atoms with van der Waals surface area (Å²) < 4.78 is 13.4. The Labute approximate surface area is 113 Å². The van der Waals surface area contributed by atoms with Gasteiger partial charge in [-0.05, 0) is 50.0 Å². The number of benzene rings is 1. The summed E-state index contributed by atoms with van der Waals surface area (Å²) in [5.41, 5.74) is 1.13. The molecule has 2 rings (SSSR count). The largest absolute Gasteiger partial charge is 0.352 e. The van der Waals surface area contributed by atoms with Crippen LogP contribution in [0.2, 0.25) is 0 Å². The minimum Gasteiger partial charge on any atom is -0.352 e. The number of aryl methyl sites for hydroxylation is 1. The highest BCUT2D eigenvalue weighted by atomic mass is 19.1. The second-order valence-electron chi connectivity index (χ2n) is 5.58. The van der Waals surface area contributed by atoms with Gasteiger partial charge in [-0.3, -0.25) is 4.79 Å². The lowest BCUT2D eigenvalue weighted by Gasteiger charge is -2.32. The third-order valence-electron chi connectivity index (χ3n) is 3.94. The minimum atomic E-state index is -0.297. The zero-order valence-corrected chi connectivity index (χ0v) is 11.6. The SMILES string of the molecule is Cc1ccc(CNC(=O)C2(C)CCNCC2)cc1F. The fourth-order valence-corrected chi connectivity index (χ4v) is 2.35. The molecule has 104 valence electrons. The number of carbonyl (C=O) groups is 1. The summed E-state index contributed by atoms with van der Waals surface area (Å²) in [6.45, 7) is 5.87. The van der Waals surface area contributed by atoms with E-state index in [1.807, 2.05) is 13.0 Å². The van der Waals surface area contributed by atoms with Gasteiger partial charge in [0.15, 0.2) is 0 Å².